The van der Waals surface area contributed by atoms with E-state index in [4.69, 9.17) is 16.3 Å². The first-order valence-corrected chi connectivity index (χ1v) is 8.73. The molecule has 0 bridgehead atoms. The van der Waals surface area contributed by atoms with Gasteiger partial charge in [0.05, 0.1) is 18.1 Å². The van der Waals surface area contributed by atoms with E-state index in [2.05, 4.69) is 27.1 Å². The molecule has 0 atom stereocenters. The summed E-state index contributed by atoms with van der Waals surface area (Å²) in [4.78, 5) is 22.8. The molecule has 0 unspecified atom stereocenters. The maximum absolute atomic E-state index is 11.9. The first-order chi connectivity index (χ1) is 12.1. The summed E-state index contributed by atoms with van der Waals surface area (Å²) in [5.41, 5.74) is 0.554. The SMILES string of the molecule is CC1CCN(c2ncc(NC(=O)COc3ccc(Cl)cc3)cn2)CC1. The number of anilines is 2. The van der Waals surface area contributed by atoms with Gasteiger partial charge in [-0.15, -0.1) is 0 Å². The monoisotopic (exact) mass is 360 g/mol. The van der Waals surface area contributed by atoms with E-state index in [1.54, 1.807) is 36.7 Å². The van der Waals surface area contributed by atoms with E-state index < -0.39 is 0 Å². The molecule has 3 rings (SSSR count). The minimum absolute atomic E-state index is 0.0899. The van der Waals surface area contributed by atoms with Gasteiger partial charge in [-0.2, -0.15) is 0 Å². The van der Waals surface area contributed by atoms with E-state index in [-0.39, 0.29) is 12.5 Å². The van der Waals surface area contributed by atoms with Crippen molar-refractivity contribution in [3.8, 4) is 5.75 Å². The predicted molar refractivity (Wildman–Crippen MR) is 98.2 cm³/mol. The van der Waals surface area contributed by atoms with Crippen molar-refractivity contribution in [1.82, 2.24) is 9.97 Å². The topological polar surface area (TPSA) is 67.4 Å². The number of rotatable bonds is 5. The summed E-state index contributed by atoms with van der Waals surface area (Å²) in [6.07, 6.45) is 5.56. The molecule has 1 N–H and O–H groups in total. The van der Waals surface area contributed by atoms with E-state index in [0.717, 1.165) is 31.8 Å². The number of benzene rings is 1. The van der Waals surface area contributed by atoms with Crippen molar-refractivity contribution in [2.45, 2.75) is 19.8 Å². The van der Waals surface area contributed by atoms with Gasteiger partial charge in [0.15, 0.2) is 6.61 Å². The number of hydrogen-bond acceptors (Lipinski definition) is 5. The summed E-state index contributed by atoms with van der Waals surface area (Å²) in [6.45, 7) is 4.12. The number of aromatic nitrogens is 2. The van der Waals surface area contributed by atoms with Crippen LogP contribution in [-0.4, -0.2) is 35.6 Å². The van der Waals surface area contributed by atoms with Crippen LogP contribution in [0.1, 0.15) is 19.8 Å². The molecule has 0 aliphatic carbocycles. The molecule has 0 spiro atoms. The molecule has 1 amide bonds. The summed E-state index contributed by atoms with van der Waals surface area (Å²) in [6, 6.07) is 6.85. The van der Waals surface area contributed by atoms with Crippen LogP contribution in [0, 0.1) is 5.92 Å². The van der Waals surface area contributed by atoms with E-state index in [9.17, 15) is 4.79 Å². The molecule has 1 aliphatic heterocycles. The Bertz CT molecular complexity index is 698. The Hall–Kier alpha value is -2.34. The number of piperidine rings is 1. The fraction of sp³-hybridized carbons (Fsp3) is 0.389. The zero-order chi connectivity index (χ0) is 17.6. The number of hydrogen-bond donors (Lipinski definition) is 1. The zero-order valence-corrected chi connectivity index (χ0v) is 14.9. The Morgan fingerprint density at radius 2 is 1.88 bits per heavy atom. The predicted octanol–water partition coefficient (Wildman–Crippen LogP) is 3.38. The van der Waals surface area contributed by atoms with Crippen molar-refractivity contribution >= 4 is 29.1 Å². The van der Waals surface area contributed by atoms with Crippen molar-refractivity contribution < 1.29 is 9.53 Å². The molecular weight excluding hydrogens is 340 g/mol. The molecule has 0 saturated carbocycles. The number of amides is 1. The maximum Gasteiger partial charge on any atom is 0.262 e. The molecular formula is C18H21ClN4O2. The van der Waals surface area contributed by atoms with Crippen LogP contribution in [0.5, 0.6) is 5.75 Å². The van der Waals surface area contributed by atoms with Crippen molar-refractivity contribution in [3.63, 3.8) is 0 Å². The lowest BCUT2D eigenvalue weighted by Gasteiger charge is -2.30. The first kappa shape index (κ1) is 17.5. The smallest absolute Gasteiger partial charge is 0.262 e. The molecule has 2 aromatic rings. The van der Waals surface area contributed by atoms with Gasteiger partial charge in [0.1, 0.15) is 5.75 Å². The third kappa shape index (κ3) is 5.06. The summed E-state index contributed by atoms with van der Waals surface area (Å²) in [5.74, 6) is 1.79. The Morgan fingerprint density at radius 3 is 2.52 bits per heavy atom. The van der Waals surface area contributed by atoms with Crippen LogP contribution in [0.3, 0.4) is 0 Å². The van der Waals surface area contributed by atoms with Gasteiger partial charge in [-0.1, -0.05) is 18.5 Å². The standard InChI is InChI=1S/C18H21ClN4O2/c1-13-6-8-23(9-7-13)18-20-10-15(11-21-18)22-17(24)12-25-16-4-2-14(19)3-5-16/h2-5,10-11,13H,6-9,12H2,1H3,(H,22,24). The first-order valence-electron chi connectivity index (χ1n) is 8.35. The number of carbonyl (C=O) groups excluding carboxylic acids is 1. The Morgan fingerprint density at radius 1 is 1.24 bits per heavy atom. The van der Waals surface area contributed by atoms with Gasteiger partial charge in [0.25, 0.3) is 5.91 Å². The van der Waals surface area contributed by atoms with E-state index in [1.165, 1.54) is 0 Å². The van der Waals surface area contributed by atoms with Crippen LogP contribution in [0.2, 0.25) is 5.02 Å². The Balaban J connectivity index is 1.49. The van der Waals surface area contributed by atoms with Crippen molar-refractivity contribution in [2.24, 2.45) is 5.92 Å². The largest absolute Gasteiger partial charge is 0.484 e. The highest BCUT2D eigenvalue weighted by atomic mass is 35.5. The van der Waals surface area contributed by atoms with Gasteiger partial charge >= 0.3 is 0 Å². The highest BCUT2D eigenvalue weighted by molar-refractivity contribution is 6.30. The molecule has 25 heavy (non-hydrogen) atoms. The van der Waals surface area contributed by atoms with Gasteiger partial charge in [0, 0.05) is 18.1 Å². The minimum atomic E-state index is -0.266. The molecule has 6 nitrogen and oxygen atoms in total. The lowest BCUT2D eigenvalue weighted by molar-refractivity contribution is -0.118. The number of ether oxygens (including phenoxy) is 1. The zero-order valence-electron chi connectivity index (χ0n) is 14.1. The molecule has 0 radical (unpaired) electrons. The van der Waals surface area contributed by atoms with Gasteiger partial charge < -0.3 is 15.0 Å². The Kier molecular flexibility index (Phi) is 5.71. The van der Waals surface area contributed by atoms with Crippen LogP contribution < -0.4 is 15.0 Å². The van der Waals surface area contributed by atoms with E-state index in [0.29, 0.717) is 22.4 Å². The van der Waals surface area contributed by atoms with Gasteiger partial charge in [-0.3, -0.25) is 4.79 Å². The third-order valence-electron chi connectivity index (χ3n) is 4.17. The molecule has 1 aromatic carbocycles. The summed E-state index contributed by atoms with van der Waals surface area (Å²) >= 11 is 5.81. The van der Waals surface area contributed by atoms with Crippen LogP contribution >= 0.6 is 11.6 Å². The fourth-order valence-corrected chi connectivity index (χ4v) is 2.76. The van der Waals surface area contributed by atoms with Gasteiger partial charge in [0.2, 0.25) is 5.95 Å². The van der Waals surface area contributed by atoms with Gasteiger partial charge in [-0.05, 0) is 43.0 Å². The summed E-state index contributed by atoms with van der Waals surface area (Å²) in [5, 5.41) is 3.35. The maximum atomic E-state index is 11.9. The van der Waals surface area contributed by atoms with E-state index >= 15 is 0 Å². The van der Waals surface area contributed by atoms with Crippen LogP contribution in [-0.2, 0) is 4.79 Å². The molecule has 1 saturated heterocycles. The Labute approximate surface area is 152 Å². The molecule has 2 heterocycles. The van der Waals surface area contributed by atoms with Crippen molar-refractivity contribution in [3.05, 3.63) is 41.7 Å². The van der Waals surface area contributed by atoms with Crippen LogP contribution in [0.25, 0.3) is 0 Å². The summed E-state index contributed by atoms with van der Waals surface area (Å²) < 4.78 is 5.40. The van der Waals surface area contributed by atoms with Crippen LogP contribution in [0.4, 0.5) is 11.6 Å². The number of nitrogens with one attached hydrogen (secondary N) is 1. The average Bonchev–Trinajstić information content (AvgIpc) is 2.63. The average molecular weight is 361 g/mol. The molecule has 1 aromatic heterocycles. The fourth-order valence-electron chi connectivity index (χ4n) is 2.63. The quantitative estimate of drug-likeness (QED) is 0.885. The normalized spacial score (nSPS) is 15.0. The molecule has 1 fully saturated rings. The highest BCUT2D eigenvalue weighted by Gasteiger charge is 2.17. The lowest BCUT2D eigenvalue weighted by atomic mass is 10.00. The lowest BCUT2D eigenvalue weighted by Crippen LogP contribution is -2.34. The second-order valence-electron chi connectivity index (χ2n) is 6.23. The van der Waals surface area contributed by atoms with Gasteiger partial charge in [-0.25, -0.2) is 9.97 Å². The molecule has 132 valence electrons. The number of nitrogens with zero attached hydrogens (tertiary/aromatic N) is 3. The van der Waals surface area contributed by atoms with Crippen molar-refractivity contribution in [1.29, 1.82) is 0 Å². The second kappa shape index (κ2) is 8.16. The van der Waals surface area contributed by atoms with E-state index in [1.807, 2.05) is 0 Å². The molecule has 1 aliphatic rings. The summed E-state index contributed by atoms with van der Waals surface area (Å²) in [7, 11) is 0. The highest BCUT2D eigenvalue weighted by Crippen LogP contribution is 2.20. The second-order valence-corrected chi connectivity index (χ2v) is 6.67. The number of halogens is 1. The third-order valence-corrected chi connectivity index (χ3v) is 4.42. The minimum Gasteiger partial charge on any atom is -0.484 e. The van der Waals surface area contributed by atoms with Crippen molar-refractivity contribution in [2.75, 3.05) is 29.9 Å². The number of carbonyl (C=O) groups is 1. The molecule has 7 heteroatoms. The van der Waals surface area contributed by atoms with Crippen LogP contribution in [0.15, 0.2) is 36.7 Å².